The maximum atomic E-state index is 13.0. The number of hydrogen-bond donors (Lipinski definition) is 2. The average molecular weight is 1060 g/mol. The fraction of sp³-hybridized carbons (Fsp3) is 0.892. The van der Waals surface area contributed by atoms with Gasteiger partial charge in [-0.15, -0.1) is 0 Å². The summed E-state index contributed by atoms with van der Waals surface area (Å²) < 4.78 is 23.5. The van der Waals surface area contributed by atoms with Crippen LogP contribution in [0.2, 0.25) is 0 Å². The average Bonchev–Trinajstić information content (AvgIpc) is 3.36. The first kappa shape index (κ1) is 72.7. The zero-order chi connectivity index (χ0) is 54.2. The van der Waals surface area contributed by atoms with E-state index in [2.05, 4.69) is 55.6 Å². The summed E-state index contributed by atoms with van der Waals surface area (Å²) in [5.41, 5.74) is 0. The van der Waals surface area contributed by atoms with Crippen molar-refractivity contribution in [3.05, 3.63) is 36.5 Å². The van der Waals surface area contributed by atoms with E-state index in [1.54, 1.807) is 0 Å². The summed E-state index contributed by atoms with van der Waals surface area (Å²) in [6.45, 7) is 4.74. The van der Waals surface area contributed by atoms with Gasteiger partial charge in [0.15, 0.2) is 0 Å². The summed E-state index contributed by atoms with van der Waals surface area (Å²) in [6.07, 6.45) is 73.5. The number of hydrogen-bond acceptors (Lipinski definition) is 6. The summed E-state index contributed by atoms with van der Waals surface area (Å²) in [7, 11) is 1.30. The number of phosphoric acid groups is 1. The van der Waals surface area contributed by atoms with Crippen LogP contribution in [0, 0.1) is 0 Å². The van der Waals surface area contributed by atoms with Gasteiger partial charge in [-0.2, -0.15) is 0 Å². The number of likely N-dealkylation sites (N-methyl/N-ethyl adjacent to an activating group) is 1. The minimum absolute atomic E-state index is 0.00941. The molecule has 0 rings (SSSR count). The lowest BCUT2D eigenvalue weighted by Gasteiger charge is -2.30. The fourth-order valence-corrected chi connectivity index (χ4v) is 10.5. The van der Waals surface area contributed by atoms with Gasteiger partial charge in [0, 0.05) is 6.42 Å². The van der Waals surface area contributed by atoms with Crippen LogP contribution in [0.15, 0.2) is 36.5 Å². The summed E-state index contributed by atoms with van der Waals surface area (Å²) >= 11 is 0. The number of rotatable bonds is 60. The highest BCUT2D eigenvalue weighted by Gasteiger charge is 2.24. The number of phosphoric ester groups is 1. The van der Waals surface area contributed by atoms with E-state index >= 15 is 0 Å². The molecule has 0 aliphatic rings. The molecule has 0 heterocycles. The van der Waals surface area contributed by atoms with Gasteiger partial charge in [0.05, 0.1) is 39.9 Å². The molecule has 0 aromatic carbocycles. The smallest absolute Gasteiger partial charge is 0.268 e. The second-order valence-electron chi connectivity index (χ2n) is 23.5. The predicted octanol–water partition coefficient (Wildman–Crippen LogP) is 19.5. The Hall–Kier alpha value is -1.28. The zero-order valence-corrected chi connectivity index (χ0v) is 51.0. The molecule has 1 amide bonds. The molecule has 3 unspecified atom stereocenters. The highest BCUT2D eigenvalue weighted by Crippen LogP contribution is 2.38. The van der Waals surface area contributed by atoms with Crippen LogP contribution in [0.3, 0.4) is 0 Å². The Balaban J connectivity index is 4.07. The van der Waals surface area contributed by atoms with Gasteiger partial charge in [-0.3, -0.25) is 9.36 Å². The Morgan fingerprint density at radius 1 is 0.473 bits per heavy atom. The minimum atomic E-state index is -4.58. The molecule has 9 heteroatoms. The van der Waals surface area contributed by atoms with Crippen LogP contribution in [-0.2, 0) is 18.4 Å². The molecule has 74 heavy (non-hydrogen) atoms. The quantitative estimate of drug-likeness (QED) is 0.0272. The third kappa shape index (κ3) is 58.4. The molecule has 0 radical (unpaired) electrons. The van der Waals surface area contributed by atoms with Crippen LogP contribution >= 0.6 is 7.82 Å². The van der Waals surface area contributed by atoms with Crippen molar-refractivity contribution in [2.24, 2.45) is 0 Å². The Bertz CT molecular complexity index is 1300. The molecule has 0 aliphatic heterocycles. The maximum absolute atomic E-state index is 13.0. The molecule has 2 N–H and O–H groups in total. The van der Waals surface area contributed by atoms with E-state index in [0.717, 1.165) is 64.2 Å². The summed E-state index contributed by atoms with van der Waals surface area (Å²) in [5, 5.41) is 14.1. The molecule has 438 valence electrons. The van der Waals surface area contributed by atoms with Gasteiger partial charge >= 0.3 is 0 Å². The van der Waals surface area contributed by atoms with Crippen LogP contribution in [0.25, 0.3) is 0 Å². The number of quaternary nitrogens is 1. The lowest BCUT2D eigenvalue weighted by molar-refractivity contribution is -0.870. The van der Waals surface area contributed by atoms with E-state index in [1.165, 1.54) is 231 Å². The molecule has 3 atom stereocenters. The largest absolute Gasteiger partial charge is 0.756 e. The lowest BCUT2D eigenvalue weighted by Crippen LogP contribution is -2.46. The third-order valence-electron chi connectivity index (χ3n) is 14.9. The maximum Gasteiger partial charge on any atom is 0.268 e. The molecule has 0 saturated carbocycles. The number of nitrogens with one attached hydrogen (secondary N) is 1. The number of aliphatic hydroxyl groups excluding tert-OH is 1. The second kappa shape index (κ2) is 56.4. The van der Waals surface area contributed by atoms with Crippen LogP contribution < -0.4 is 10.2 Å². The van der Waals surface area contributed by atoms with Crippen molar-refractivity contribution >= 4 is 13.7 Å². The Morgan fingerprint density at radius 3 is 1.14 bits per heavy atom. The number of nitrogens with zero attached hydrogens (tertiary/aromatic N) is 1. The van der Waals surface area contributed by atoms with Crippen LogP contribution in [0.5, 0.6) is 0 Å². The van der Waals surface area contributed by atoms with Gasteiger partial charge in [0.2, 0.25) is 5.91 Å². The SMILES string of the molecule is CCCCCCC/C=C\C/C=C\C/C=C\CCCCCCCCC(=O)NC(COP(=O)([O-])OCC[N+](C)(C)C)C(O)CCCCCCCCCCCCCCCCCCCCCCCCCCCCCCCCC. The zero-order valence-electron chi connectivity index (χ0n) is 50.1. The van der Waals surface area contributed by atoms with Gasteiger partial charge in [-0.25, -0.2) is 0 Å². The number of aliphatic hydroxyl groups is 1. The molecule has 0 aliphatic carbocycles. The van der Waals surface area contributed by atoms with Crippen LogP contribution in [0.1, 0.15) is 322 Å². The molecule has 0 saturated heterocycles. The Morgan fingerprint density at radius 2 is 0.784 bits per heavy atom. The van der Waals surface area contributed by atoms with Crippen molar-refractivity contribution in [2.45, 2.75) is 334 Å². The number of carbonyl (C=O) groups excluding carboxylic acids is 1. The molecule has 0 aromatic heterocycles. The van der Waals surface area contributed by atoms with Crippen molar-refractivity contribution in [2.75, 3.05) is 40.9 Å². The molecule has 8 nitrogen and oxygen atoms in total. The first-order valence-corrected chi connectivity index (χ1v) is 33.8. The van der Waals surface area contributed by atoms with E-state index in [-0.39, 0.29) is 19.1 Å². The third-order valence-corrected chi connectivity index (χ3v) is 15.8. The first-order valence-electron chi connectivity index (χ1n) is 32.3. The van der Waals surface area contributed by atoms with Gasteiger partial charge in [-0.05, 0) is 51.4 Å². The number of amides is 1. The number of unbranched alkanes of at least 4 members (excludes halogenated alkanes) is 41. The van der Waals surface area contributed by atoms with Crippen molar-refractivity contribution in [3.8, 4) is 0 Å². The van der Waals surface area contributed by atoms with E-state index < -0.39 is 20.0 Å². The van der Waals surface area contributed by atoms with Crippen molar-refractivity contribution in [1.82, 2.24) is 5.32 Å². The first-order chi connectivity index (χ1) is 36.0. The minimum Gasteiger partial charge on any atom is -0.756 e. The lowest BCUT2D eigenvalue weighted by atomic mass is 10.0. The highest BCUT2D eigenvalue weighted by atomic mass is 31.2. The molecular formula is C65H127N2O6P. The second-order valence-corrected chi connectivity index (χ2v) is 24.9. The summed E-state index contributed by atoms with van der Waals surface area (Å²) in [6, 6.07) is -0.810. The normalized spacial score (nSPS) is 14.0. The fourth-order valence-electron chi connectivity index (χ4n) is 9.82. The monoisotopic (exact) mass is 1060 g/mol. The van der Waals surface area contributed by atoms with Gasteiger partial charge in [-0.1, -0.05) is 301 Å². The summed E-state index contributed by atoms with van der Waals surface area (Å²) in [4.78, 5) is 25.6. The van der Waals surface area contributed by atoms with Crippen LogP contribution in [0.4, 0.5) is 0 Å². The molecule has 0 aromatic rings. The van der Waals surface area contributed by atoms with Gasteiger partial charge in [0.1, 0.15) is 13.2 Å². The summed E-state index contributed by atoms with van der Waals surface area (Å²) in [5.74, 6) is -0.173. The van der Waals surface area contributed by atoms with Crippen molar-refractivity contribution in [3.63, 3.8) is 0 Å². The molecular weight excluding hydrogens is 936 g/mol. The van der Waals surface area contributed by atoms with Crippen molar-refractivity contribution < 1.29 is 32.9 Å². The van der Waals surface area contributed by atoms with Crippen LogP contribution in [-0.4, -0.2) is 68.5 Å². The van der Waals surface area contributed by atoms with E-state index in [4.69, 9.17) is 9.05 Å². The predicted molar refractivity (Wildman–Crippen MR) is 321 cm³/mol. The Labute approximate surface area is 461 Å². The van der Waals surface area contributed by atoms with Gasteiger partial charge < -0.3 is 28.8 Å². The number of allylic oxidation sites excluding steroid dienone is 6. The van der Waals surface area contributed by atoms with Crippen molar-refractivity contribution in [1.29, 1.82) is 0 Å². The molecule has 0 spiro atoms. The molecule has 0 fully saturated rings. The Kier molecular flexibility index (Phi) is 55.5. The standard InChI is InChI=1S/C65H127N2O6P/c1-6-8-10-12-14-16-18-20-22-24-26-28-29-30-31-32-33-34-35-36-37-39-40-42-44-46-48-50-52-54-56-58-64(68)63(62-73-74(70,71)72-61-60-67(3,4)5)66-65(69)59-57-55-53-51-49-47-45-43-41-38-27-25-23-21-19-17-15-13-11-9-7-2/h19,21,25,27,41,43,63-64,68H,6-18,20,22-24,26,28-40,42,44-62H2,1-5H3,(H-,66,69,70,71)/b21-19-,27-25-,43-41-. The topological polar surface area (TPSA) is 108 Å². The molecule has 0 bridgehead atoms. The highest BCUT2D eigenvalue weighted by molar-refractivity contribution is 7.45. The van der Waals surface area contributed by atoms with E-state index in [0.29, 0.717) is 23.9 Å². The number of carbonyl (C=O) groups is 1. The van der Waals surface area contributed by atoms with E-state index in [9.17, 15) is 19.4 Å². The van der Waals surface area contributed by atoms with E-state index in [1.807, 2.05) is 21.1 Å². The van der Waals surface area contributed by atoms with Gasteiger partial charge in [0.25, 0.3) is 7.82 Å².